The molecule has 27 heavy (non-hydrogen) atoms. The number of carbonyl (C=O) groups excluding carboxylic acids is 1. The van der Waals surface area contributed by atoms with Crippen LogP contribution in [0.15, 0.2) is 47.5 Å². The van der Waals surface area contributed by atoms with Crippen LogP contribution in [0.25, 0.3) is 6.08 Å². The van der Waals surface area contributed by atoms with Gasteiger partial charge in [0.25, 0.3) is 0 Å². The minimum atomic E-state index is -4.90. The van der Waals surface area contributed by atoms with Crippen molar-refractivity contribution in [2.24, 2.45) is 4.99 Å². The molecule has 2 aromatic carbocycles. The third-order valence-corrected chi connectivity index (χ3v) is 4.02. The molecule has 0 saturated carbocycles. The first kappa shape index (κ1) is 19.1. The number of esters is 1. The average Bonchev–Trinajstić information content (AvgIpc) is 2.93. The van der Waals surface area contributed by atoms with E-state index in [2.05, 4.69) is 4.99 Å². The van der Waals surface area contributed by atoms with Gasteiger partial charge < -0.3 is 4.74 Å². The monoisotopic (exact) mass is 379 g/mol. The van der Waals surface area contributed by atoms with Gasteiger partial charge in [-0.05, 0) is 55.8 Å². The predicted molar refractivity (Wildman–Crippen MR) is 90.6 cm³/mol. The number of nitrogens with zero attached hydrogens (tertiary/aromatic N) is 1. The summed E-state index contributed by atoms with van der Waals surface area (Å²) >= 11 is 0. The van der Waals surface area contributed by atoms with E-state index in [1.807, 2.05) is 0 Å². The van der Waals surface area contributed by atoms with Gasteiger partial charge in [0.2, 0.25) is 5.54 Å². The molecule has 2 aromatic rings. The van der Waals surface area contributed by atoms with Crippen LogP contribution in [0.3, 0.4) is 0 Å². The molecule has 0 spiro atoms. The van der Waals surface area contributed by atoms with Crippen LogP contribution in [0.4, 0.5) is 17.6 Å². The molecule has 0 fully saturated rings. The fraction of sp³-hybridized carbons (Fsp3) is 0.300. The number of halogens is 4. The highest BCUT2D eigenvalue weighted by Gasteiger charge is 2.45. The average molecular weight is 379 g/mol. The fourth-order valence-corrected chi connectivity index (χ4v) is 2.86. The molecule has 1 unspecified atom stereocenters. The van der Waals surface area contributed by atoms with E-state index in [0.717, 1.165) is 6.07 Å². The molecule has 0 aliphatic carbocycles. The van der Waals surface area contributed by atoms with Crippen LogP contribution in [0.5, 0.6) is 0 Å². The number of para-hydroxylation sites is 1. The van der Waals surface area contributed by atoms with Gasteiger partial charge in [-0.15, -0.1) is 0 Å². The van der Waals surface area contributed by atoms with Crippen molar-refractivity contribution in [2.45, 2.75) is 38.1 Å². The highest BCUT2D eigenvalue weighted by Crippen LogP contribution is 2.37. The lowest BCUT2D eigenvalue weighted by Crippen LogP contribution is -2.38. The molecular formula is C20H17F4NO2. The minimum Gasteiger partial charge on any atom is -0.458 e. The second kappa shape index (κ2) is 6.18. The van der Waals surface area contributed by atoms with Crippen molar-refractivity contribution in [3.05, 3.63) is 70.0 Å². The Morgan fingerprint density at radius 2 is 1.74 bits per heavy atom. The van der Waals surface area contributed by atoms with Crippen molar-refractivity contribution in [2.75, 3.05) is 0 Å². The molecular weight excluding hydrogens is 362 g/mol. The number of carbonyl (C=O) groups is 1. The lowest BCUT2D eigenvalue weighted by atomic mass is 9.89. The van der Waals surface area contributed by atoms with Gasteiger partial charge in [-0.25, -0.2) is 9.18 Å². The standard InChI is InChI=1S/C20H17F4NO2/c1-18(2,3)27-17(26)19(11-12-6-4-5-7-16(12)25-19)13-8-9-15(21)14(10-13)20(22,23)24/h4-11H,1-3H3. The van der Waals surface area contributed by atoms with Gasteiger partial charge >= 0.3 is 12.1 Å². The normalized spacial score (nSPS) is 19.1. The molecule has 0 aromatic heterocycles. The Hall–Kier alpha value is -2.70. The van der Waals surface area contributed by atoms with Crippen LogP contribution in [-0.4, -0.2) is 11.6 Å². The van der Waals surface area contributed by atoms with Gasteiger partial charge in [-0.3, -0.25) is 4.99 Å². The number of hydrogen-bond acceptors (Lipinski definition) is 3. The molecule has 142 valence electrons. The largest absolute Gasteiger partial charge is 0.458 e. The number of ether oxygens (including phenoxy) is 1. The van der Waals surface area contributed by atoms with E-state index in [-0.39, 0.29) is 5.56 Å². The van der Waals surface area contributed by atoms with Gasteiger partial charge in [0.15, 0.2) is 0 Å². The van der Waals surface area contributed by atoms with Crippen molar-refractivity contribution < 1.29 is 27.1 Å². The van der Waals surface area contributed by atoms with Crippen molar-refractivity contribution in [1.29, 1.82) is 0 Å². The SMILES string of the molecule is CC(C)(C)OC(=O)C1(c2ccc(F)c(C(F)(F)F)c2)C=c2ccccc2=N1. The molecule has 1 aliphatic rings. The highest BCUT2D eigenvalue weighted by atomic mass is 19.4. The molecule has 0 radical (unpaired) electrons. The van der Waals surface area contributed by atoms with Crippen molar-refractivity contribution in [3.63, 3.8) is 0 Å². The summed E-state index contributed by atoms with van der Waals surface area (Å²) in [6.07, 6.45) is -3.45. The van der Waals surface area contributed by atoms with Gasteiger partial charge in [0, 0.05) is 0 Å². The van der Waals surface area contributed by atoms with Crippen molar-refractivity contribution >= 4 is 12.0 Å². The van der Waals surface area contributed by atoms with Gasteiger partial charge in [0.1, 0.15) is 11.4 Å². The van der Waals surface area contributed by atoms with E-state index in [9.17, 15) is 22.4 Å². The quantitative estimate of drug-likeness (QED) is 0.592. The third-order valence-electron chi connectivity index (χ3n) is 4.02. The molecule has 0 bridgehead atoms. The summed E-state index contributed by atoms with van der Waals surface area (Å²) in [4.78, 5) is 17.3. The van der Waals surface area contributed by atoms with Crippen LogP contribution >= 0.6 is 0 Å². The van der Waals surface area contributed by atoms with E-state index in [1.165, 1.54) is 6.08 Å². The fourth-order valence-electron chi connectivity index (χ4n) is 2.86. The Bertz CT molecular complexity index is 984. The summed E-state index contributed by atoms with van der Waals surface area (Å²) in [5.74, 6) is -2.24. The molecule has 1 atom stereocenters. The lowest BCUT2D eigenvalue weighted by Gasteiger charge is -2.29. The summed E-state index contributed by atoms with van der Waals surface area (Å²) in [6.45, 7) is 4.94. The molecule has 0 saturated heterocycles. The van der Waals surface area contributed by atoms with Crippen LogP contribution in [0, 0.1) is 5.82 Å². The van der Waals surface area contributed by atoms with Crippen LogP contribution in [0.2, 0.25) is 0 Å². The molecule has 3 nitrogen and oxygen atoms in total. The Morgan fingerprint density at radius 1 is 1.07 bits per heavy atom. The number of fused-ring (bicyclic) bond motifs is 1. The maximum atomic E-state index is 13.7. The number of benzene rings is 2. The minimum absolute atomic E-state index is 0.110. The molecule has 1 aliphatic heterocycles. The van der Waals surface area contributed by atoms with Crippen LogP contribution in [0.1, 0.15) is 31.9 Å². The first-order valence-corrected chi connectivity index (χ1v) is 8.21. The lowest BCUT2D eigenvalue weighted by molar-refractivity contribution is -0.159. The summed E-state index contributed by atoms with van der Waals surface area (Å²) < 4.78 is 58.7. The molecule has 0 N–H and O–H groups in total. The first-order valence-electron chi connectivity index (χ1n) is 8.21. The Morgan fingerprint density at radius 3 is 2.33 bits per heavy atom. The van der Waals surface area contributed by atoms with Gasteiger partial charge in [-0.1, -0.05) is 24.3 Å². The zero-order chi connectivity index (χ0) is 20.0. The Labute approximate surface area is 153 Å². The van der Waals surface area contributed by atoms with E-state index in [0.29, 0.717) is 22.7 Å². The predicted octanol–water partition coefficient (Wildman–Crippen LogP) is 3.50. The first-order chi connectivity index (χ1) is 12.4. The van der Waals surface area contributed by atoms with Gasteiger partial charge in [-0.2, -0.15) is 13.2 Å². The number of alkyl halides is 3. The van der Waals surface area contributed by atoms with Crippen LogP contribution < -0.4 is 10.6 Å². The zero-order valence-corrected chi connectivity index (χ0v) is 14.9. The highest BCUT2D eigenvalue weighted by molar-refractivity contribution is 5.91. The topological polar surface area (TPSA) is 38.7 Å². The Balaban J connectivity index is 2.25. The second-order valence-electron chi connectivity index (χ2n) is 7.28. The summed E-state index contributed by atoms with van der Waals surface area (Å²) in [5, 5.41) is 1.03. The van der Waals surface area contributed by atoms with Crippen LogP contribution in [-0.2, 0) is 21.2 Å². The summed E-state index contributed by atoms with van der Waals surface area (Å²) in [7, 11) is 0. The maximum absolute atomic E-state index is 13.7. The number of rotatable bonds is 2. The second-order valence-corrected chi connectivity index (χ2v) is 7.28. The summed E-state index contributed by atoms with van der Waals surface area (Å²) in [6, 6.07) is 9.20. The smallest absolute Gasteiger partial charge is 0.419 e. The third kappa shape index (κ3) is 3.59. The van der Waals surface area contributed by atoms with Gasteiger partial charge in [0.05, 0.1) is 10.9 Å². The number of hydrogen-bond donors (Lipinski definition) is 0. The van der Waals surface area contributed by atoms with Crippen molar-refractivity contribution in [3.8, 4) is 0 Å². The van der Waals surface area contributed by atoms with E-state index >= 15 is 0 Å². The van der Waals surface area contributed by atoms with E-state index < -0.39 is 34.7 Å². The van der Waals surface area contributed by atoms with E-state index in [4.69, 9.17) is 4.74 Å². The summed E-state index contributed by atoms with van der Waals surface area (Å²) in [5.41, 5.74) is -4.26. The van der Waals surface area contributed by atoms with Crippen molar-refractivity contribution in [1.82, 2.24) is 0 Å². The zero-order valence-electron chi connectivity index (χ0n) is 14.9. The molecule has 0 amide bonds. The molecule has 3 rings (SSSR count). The Kier molecular flexibility index (Phi) is 4.37. The van der Waals surface area contributed by atoms with E-state index in [1.54, 1.807) is 45.0 Å². The maximum Gasteiger partial charge on any atom is 0.419 e. The molecule has 7 heteroatoms. The molecule has 1 heterocycles.